The molecule has 2 nitrogen and oxygen atoms in total. The second-order valence-electron chi connectivity index (χ2n) is 11.4. The van der Waals surface area contributed by atoms with Crippen LogP contribution in [0.1, 0.15) is 0 Å². The Morgan fingerprint density at radius 1 is 0.349 bits per heavy atom. The molecule has 7 aromatic carbocycles. The van der Waals surface area contributed by atoms with Gasteiger partial charge < -0.3 is 9.13 Å². The van der Waals surface area contributed by atoms with Gasteiger partial charge in [0.2, 0.25) is 0 Å². The van der Waals surface area contributed by atoms with E-state index in [-0.39, 0.29) is 0 Å². The summed E-state index contributed by atoms with van der Waals surface area (Å²) in [4.78, 5) is 0. The molecule has 3 aromatic heterocycles. The molecule has 0 saturated carbocycles. The molecule has 3 heterocycles. The normalized spacial score (nSPS) is 12.2. The van der Waals surface area contributed by atoms with Gasteiger partial charge in [-0.3, -0.25) is 0 Å². The fourth-order valence-electron chi connectivity index (χ4n) is 7.24. The number of aromatic nitrogens is 2. The molecule has 0 radical (unpaired) electrons. The van der Waals surface area contributed by atoms with E-state index in [1.807, 2.05) is 11.3 Å². The summed E-state index contributed by atoms with van der Waals surface area (Å²) in [5.74, 6) is 0. The molecule has 0 N–H and O–H groups in total. The van der Waals surface area contributed by atoms with Gasteiger partial charge in [-0.15, -0.1) is 11.3 Å². The molecule has 10 rings (SSSR count). The monoisotopic (exact) mass is 564 g/mol. The number of fused-ring (bicyclic) bond motifs is 11. The Morgan fingerprint density at radius 2 is 0.907 bits per heavy atom. The Bertz CT molecular complexity index is 2720. The topological polar surface area (TPSA) is 9.86 Å². The Morgan fingerprint density at radius 3 is 1.60 bits per heavy atom. The maximum absolute atomic E-state index is 2.46. The third kappa shape index (κ3) is 3.17. The first-order valence-electron chi connectivity index (χ1n) is 14.7. The number of para-hydroxylation sites is 3. The van der Waals surface area contributed by atoms with Crippen LogP contribution in [0.5, 0.6) is 0 Å². The van der Waals surface area contributed by atoms with E-state index in [0.717, 1.165) is 0 Å². The zero-order valence-electron chi connectivity index (χ0n) is 23.2. The zero-order chi connectivity index (χ0) is 28.1. The van der Waals surface area contributed by atoms with Crippen LogP contribution in [0.15, 0.2) is 146 Å². The highest BCUT2D eigenvalue weighted by Crippen LogP contribution is 2.43. The maximum Gasteiger partial charge on any atom is 0.0548 e. The van der Waals surface area contributed by atoms with Crippen LogP contribution >= 0.6 is 11.3 Å². The highest BCUT2D eigenvalue weighted by molar-refractivity contribution is 7.25. The number of rotatable bonds is 2. The van der Waals surface area contributed by atoms with Crippen LogP contribution in [-0.2, 0) is 0 Å². The van der Waals surface area contributed by atoms with Gasteiger partial charge in [0.05, 0.1) is 22.1 Å². The van der Waals surface area contributed by atoms with Crippen LogP contribution < -0.4 is 0 Å². The second-order valence-corrected chi connectivity index (χ2v) is 12.5. The van der Waals surface area contributed by atoms with Crippen LogP contribution in [0.4, 0.5) is 0 Å². The Labute approximate surface area is 251 Å². The van der Waals surface area contributed by atoms with E-state index in [1.165, 1.54) is 85.9 Å². The third-order valence-electron chi connectivity index (χ3n) is 9.07. The number of hydrogen-bond acceptors (Lipinski definition) is 1. The molecule has 3 heteroatoms. The summed E-state index contributed by atoms with van der Waals surface area (Å²) in [6, 6.07) is 53.4. The smallest absolute Gasteiger partial charge is 0.0548 e. The first-order chi connectivity index (χ1) is 21.3. The van der Waals surface area contributed by atoms with Crippen molar-refractivity contribution in [3.63, 3.8) is 0 Å². The number of nitrogens with zero attached hydrogens (tertiary/aromatic N) is 2. The summed E-state index contributed by atoms with van der Waals surface area (Å²) in [6.45, 7) is 0. The van der Waals surface area contributed by atoms with Gasteiger partial charge in [-0.05, 0) is 77.5 Å². The highest BCUT2D eigenvalue weighted by atomic mass is 32.1. The standard InChI is InChI=1S/C40H24N2S/c1-2-12-27(13-3-1)41-33-16-8-6-14-29(33)39-35(41)19-20-36-40(39)30-15-7-9-17-34(30)42(36)28-18-21-37-32(24-28)31-22-25-10-4-5-11-26(25)23-38(31)43-37/h1-24H. The average Bonchev–Trinajstić information content (AvgIpc) is 3.71. The second kappa shape index (κ2) is 8.57. The van der Waals surface area contributed by atoms with Gasteiger partial charge in [-0.1, -0.05) is 78.9 Å². The Balaban J connectivity index is 1.32. The zero-order valence-corrected chi connectivity index (χ0v) is 24.0. The van der Waals surface area contributed by atoms with E-state index in [9.17, 15) is 0 Å². The van der Waals surface area contributed by atoms with Gasteiger partial charge in [-0.25, -0.2) is 0 Å². The first kappa shape index (κ1) is 23.2. The van der Waals surface area contributed by atoms with Crippen LogP contribution in [0, 0.1) is 0 Å². The lowest BCUT2D eigenvalue weighted by molar-refractivity contribution is 1.17. The van der Waals surface area contributed by atoms with Crippen LogP contribution in [0.3, 0.4) is 0 Å². The quantitative estimate of drug-likeness (QED) is 0.198. The van der Waals surface area contributed by atoms with Crippen molar-refractivity contribution in [3.05, 3.63) is 146 Å². The van der Waals surface area contributed by atoms with Gasteiger partial charge in [-0.2, -0.15) is 0 Å². The summed E-state index contributed by atoms with van der Waals surface area (Å²) in [7, 11) is 0. The van der Waals surface area contributed by atoms with Crippen LogP contribution in [0.2, 0.25) is 0 Å². The van der Waals surface area contributed by atoms with Crippen LogP contribution in [-0.4, -0.2) is 9.13 Å². The van der Waals surface area contributed by atoms with E-state index in [0.29, 0.717) is 0 Å². The minimum Gasteiger partial charge on any atom is -0.309 e. The Kier molecular flexibility index (Phi) is 4.63. The SMILES string of the molecule is c1ccc(-n2c3ccccc3c3c4c5ccccc5n(-c5ccc6sc7cc8ccccc8cc7c6c5)c4ccc32)cc1. The van der Waals surface area contributed by atoms with E-state index >= 15 is 0 Å². The molecular formula is C40H24N2S. The fraction of sp³-hybridized carbons (Fsp3) is 0. The fourth-order valence-corrected chi connectivity index (χ4v) is 8.36. The lowest BCUT2D eigenvalue weighted by Gasteiger charge is -2.09. The highest BCUT2D eigenvalue weighted by Gasteiger charge is 2.20. The lowest BCUT2D eigenvalue weighted by atomic mass is 10.1. The maximum atomic E-state index is 2.46. The van der Waals surface area contributed by atoms with Gasteiger partial charge in [0.1, 0.15) is 0 Å². The van der Waals surface area contributed by atoms with E-state index in [1.54, 1.807) is 0 Å². The van der Waals surface area contributed by atoms with E-state index in [2.05, 4.69) is 155 Å². The average molecular weight is 565 g/mol. The predicted octanol–water partition coefficient (Wildman–Crippen LogP) is 11.4. The molecule has 0 amide bonds. The molecule has 0 atom stereocenters. The van der Waals surface area contributed by atoms with Crippen molar-refractivity contribution in [2.75, 3.05) is 0 Å². The van der Waals surface area contributed by atoms with Crippen molar-refractivity contribution in [2.45, 2.75) is 0 Å². The molecule has 10 aromatic rings. The Hall–Kier alpha value is -5.38. The summed E-state index contributed by atoms with van der Waals surface area (Å²) in [5.41, 5.74) is 7.29. The van der Waals surface area contributed by atoms with Crippen molar-refractivity contribution >= 4 is 85.9 Å². The molecular weight excluding hydrogens is 541 g/mol. The van der Waals surface area contributed by atoms with Crippen molar-refractivity contribution < 1.29 is 0 Å². The van der Waals surface area contributed by atoms with Crippen molar-refractivity contribution in [3.8, 4) is 11.4 Å². The van der Waals surface area contributed by atoms with Crippen molar-refractivity contribution in [1.82, 2.24) is 9.13 Å². The van der Waals surface area contributed by atoms with Gasteiger partial charge >= 0.3 is 0 Å². The molecule has 0 aliphatic rings. The molecule has 43 heavy (non-hydrogen) atoms. The molecule has 0 spiro atoms. The molecule has 0 bridgehead atoms. The molecule has 200 valence electrons. The summed E-state index contributed by atoms with van der Waals surface area (Å²) in [6.07, 6.45) is 0. The largest absolute Gasteiger partial charge is 0.309 e. The number of hydrogen-bond donors (Lipinski definition) is 0. The van der Waals surface area contributed by atoms with E-state index < -0.39 is 0 Å². The first-order valence-corrected chi connectivity index (χ1v) is 15.5. The lowest BCUT2D eigenvalue weighted by Crippen LogP contribution is -1.94. The number of benzene rings is 7. The minimum absolute atomic E-state index is 1.18. The molecule has 0 aliphatic carbocycles. The van der Waals surface area contributed by atoms with Gasteiger partial charge in [0, 0.05) is 53.1 Å². The number of thiophene rings is 1. The molecule has 0 saturated heterocycles. The summed E-state index contributed by atoms with van der Waals surface area (Å²) in [5, 5.41) is 10.4. The molecule has 0 fully saturated rings. The third-order valence-corrected chi connectivity index (χ3v) is 10.2. The van der Waals surface area contributed by atoms with Crippen molar-refractivity contribution in [2.24, 2.45) is 0 Å². The predicted molar refractivity (Wildman–Crippen MR) is 186 cm³/mol. The molecule has 0 aliphatic heterocycles. The minimum atomic E-state index is 1.18. The summed E-state index contributed by atoms with van der Waals surface area (Å²) < 4.78 is 7.53. The molecule has 0 unspecified atom stereocenters. The van der Waals surface area contributed by atoms with Crippen molar-refractivity contribution in [1.29, 1.82) is 0 Å². The van der Waals surface area contributed by atoms with Crippen LogP contribution in [0.25, 0.3) is 85.9 Å². The van der Waals surface area contributed by atoms with E-state index in [4.69, 9.17) is 0 Å². The summed E-state index contributed by atoms with van der Waals surface area (Å²) >= 11 is 1.88. The van der Waals surface area contributed by atoms with Gasteiger partial charge in [0.15, 0.2) is 0 Å². The van der Waals surface area contributed by atoms with Gasteiger partial charge in [0.25, 0.3) is 0 Å².